The van der Waals surface area contributed by atoms with Crippen molar-refractivity contribution in [3.63, 3.8) is 0 Å². The van der Waals surface area contributed by atoms with E-state index in [1.807, 2.05) is 6.92 Å². The fourth-order valence-electron chi connectivity index (χ4n) is 5.35. The SMILES string of the molecule is CCOCc1cc(CN2[C@@H]3CC[C@@H]2c2cnc(N4CCCC4)nc2C3)ccc1OC. The van der Waals surface area contributed by atoms with Crippen LogP contribution in [0.15, 0.2) is 24.4 Å². The zero-order valence-corrected chi connectivity index (χ0v) is 18.1. The van der Waals surface area contributed by atoms with Crippen LogP contribution in [0.1, 0.15) is 61.0 Å². The number of aromatic nitrogens is 2. The van der Waals surface area contributed by atoms with Crippen LogP contribution in [-0.4, -0.2) is 47.7 Å². The predicted octanol–water partition coefficient (Wildman–Crippen LogP) is 3.88. The molecule has 2 fully saturated rings. The summed E-state index contributed by atoms with van der Waals surface area (Å²) in [6, 6.07) is 7.52. The molecule has 3 aliphatic rings. The highest BCUT2D eigenvalue weighted by Crippen LogP contribution is 2.44. The second kappa shape index (κ2) is 8.52. The lowest BCUT2D eigenvalue weighted by Crippen LogP contribution is -2.38. The highest BCUT2D eigenvalue weighted by atomic mass is 16.5. The third-order valence-electron chi connectivity index (χ3n) is 6.88. The summed E-state index contributed by atoms with van der Waals surface area (Å²) in [6.07, 6.45) is 8.11. The molecule has 160 valence electrons. The van der Waals surface area contributed by atoms with Crippen LogP contribution in [0, 0.1) is 0 Å². The Hall–Kier alpha value is -2.18. The maximum Gasteiger partial charge on any atom is 0.225 e. The first kappa shape index (κ1) is 19.8. The Morgan fingerprint density at radius 3 is 2.83 bits per heavy atom. The average molecular weight is 409 g/mol. The number of rotatable bonds is 7. The minimum atomic E-state index is 0.434. The van der Waals surface area contributed by atoms with Crippen molar-refractivity contribution in [2.24, 2.45) is 0 Å². The van der Waals surface area contributed by atoms with Crippen molar-refractivity contribution in [3.8, 4) is 5.75 Å². The van der Waals surface area contributed by atoms with Crippen LogP contribution in [0.3, 0.4) is 0 Å². The van der Waals surface area contributed by atoms with Gasteiger partial charge in [-0.05, 0) is 50.3 Å². The normalized spacial score (nSPS) is 23.1. The topological polar surface area (TPSA) is 50.7 Å². The number of hydrogen-bond donors (Lipinski definition) is 0. The van der Waals surface area contributed by atoms with Crippen LogP contribution in [-0.2, 0) is 24.3 Å². The van der Waals surface area contributed by atoms with Crippen LogP contribution in [0.4, 0.5) is 5.95 Å². The summed E-state index contributed by atoms with van der Waals surface area (Å²) in [4.78, 5) is 14.8. The van der Waals surface area contributed by atoms with Crippen molar-refractivity contribution in [3.05, 3.63) is 46.8 Å². The fraction of sp³-hybridized carbons (Fsp3) is 0.583. The number of anilines is 1. The molecule has 1 aromatic heterocycles. The summed E-state index contributed by atoms with van der Waals surface area (Å²) in [5.41, 5.74) is 5.07. The summed E-state index contributed by atoms with van der Waals surface area (Å²) < 4.78 is 11.2. The maximum absolute atomic E-state index is 5.65. The third-order valence-corrected chi connectivity index (χ3v) is 6.88. The molecule has 0 saturated carbocycles. The molecule has 2 aromatic rings. The minimum Gasteiger partial charge on any atom is -0.496 e. The van der Waals surface area contributed by atoms with E-state index in [4.69, 9.17) is 19.4 Å². The number of fused-ring (bicyclic) bond motifs is 4. The Bertz CT molecular complexity index is 897. The number of hydrogen-bond acceptors (Lipinski definition) is 6. The lowest BCUT2D eigenvalue weighted by atomic mass is 9.98. The van der Waals surface area contributed by atoms with Crippen molar-refractivity contribution in [2.75, 3.05) is 31.7 Å². The van der Waals surface area contributed by atoms with Crippen molar-refractivity contribution in [2.45, 2.75) is 64.3 Å². The van der Waals surface area contributed by atoms with Gasteiger partial charge in [-0.3, -0.25) is 4.90 Å². The largest absolute Gasteiger partial charge is 0.496 e. The molecule has 2 bridgehead atoms. The van der Waals surface area contributed by atoms with E-state index in [0.717, 1.165) is 43.3 Å². The smallest absolute Gasteiger partial charge is 0.225 e. The Kier molecular flexibility index (Phi) is 5.61. The van der Waals surface area contributed by atoms with Gasteiger partial charge in [0.1, 0.15) is 5.75 Å². The summed E-state index contributed by atoms with van der Waals surface area (Å²) in [5, 5.41) is 0. The third kappa shape index (κ3) is 3.67. The molecule has 2 atom stereocenters. The molecule has 2 saturated heterocycles. The van der Waals surface area contributed by atoms with Crippen LogP contribution >= 0.6 is 0 Å². The quantitative estimate of drug-likeness (QED) is 0.693. The molecule has 4 heterocycles. The molecule has 0 spiro atoms. The van der Waals surface area contributed by atoms with E-state index in [1.54, 1.807) is 7.11 Å². The van der Waals surface area contributed by atoms with E-state index in [0.29, 0.717) is 25.3 Å². The molecule has 0 radical (unpaired) electrons. The van der Waals surface area contributed by atoms with Gasteiger partial charge in [-0.2, -0.15) is 0 Å². The fourth-order valence-corrected chi connectivity index (χ4v) is 5.35. The first-order valence-electron chi connectivity index (χ1n) is 11.4. The average Bonchev–Trinajstić information content (AvgIpc) is 3.40. The zero-order chi connectivity index (χ0) is 20.5. The molecular formula is C24H32N4O2. The van der Waals surface area contributed by atoms with Crippen molar-refractivity contribution >= 4 is 5.95 Å². The monoisotopic (exact) mass is 408 g/mol. The van der Waals surface area contributed by atoms with Gasteiger partial charge < -0.3 is 14.4 Å². The first-order chi connectivity index (χ1) is 14.8. The van der Waals surface area contributed by atoms with E-state index in [1.165, 1.54) is 42.5 Å². The van der Waals surface area contributed by atoms with Gasteiger partial charge in [-0.25, -0.2) is 9.97 Å². The summed E-state index contributed by atoms with van der Waals surface area (Å²) >= 11 is 0. The lowest BCUT2D eigenvalue weighted by molar-refractivity contribution is 0.131. The molecule has 1 aromatic carbocycles. The standard InChI is InChI=1S/C24H32N4O2/c1-3-30-16-18-12-17(6-9-23(18)29-2)15-28-19-7-8-22(28)20-14-25-24(26-21(20)13-19)27-10-4-5-11-27/h6,9,12,14,19,22H,3-5,7-8,10-11,13,15-16H2,1-2H3/t19-,22-/m1/s1. The number of nitrogens with zero attached hydrogens (tertiary/aromatic N) is 4. The summed E-state index contributed by atoms with van der Waals surface area (Å²) in [6.45, 7) is 6.47. The second-order valence-corrected chi connectivity index (χ2v) is 8.67. The predicted molar refractivity (Wildman–Crippen MR) is 117 cm³/mol. The Morgan fingerprint density at radius 1 is 1.17 bits per heavy atom. The van der Waals surface area contributed by atoms with Crippen molar-refractivity contribution in [1.82, 2.24) is 14.9 Å². The molecule has 0 amide bonds. The van der Waals surface area contributed by atoms with E-state index < -0.39 is 0 Å². The Labute approximate surface area is 179 Å². The molecule has 30 heavy (non-hydrogen) atoms. The molecular weight excluding hydrogens is 376 g/mol. The zero-order valence-electron chi connectivity index (χ0n) is 18.1. The number of methoxy groups -OCH3 is 1. The van der Waals surface area contributed by atoms with Gasteiger partial charge in [0.2, 0.25) is 5.95 Å². The van der Waals surface area contributed by atoms with Gasteiger partial charge in [-0.15, -0.1) is 0 Å². The Balaban J connectivity index is 1.36. The van der Waals surface area contributed by atoms with Crippen LogP contribution in [0.25, 0.3) is 0 Å². The summed E-state index contributed by atoms with van der Waals surface area (Å²) in [7, 11) is 1.72. The Morgan fingerprint density at radius 2 is 2.03 bits per heavy atom. The van der Waals surface area contributed by atoms with Crippen molar-refractivity contribution < 1.29 is 9.47 Å². The molecule has 0 aliphatic carbocycles. The lowest BCUT2D eigenvalue weighted by Gasteiger charge is -2.36. The van der Waals surface area contributed by atoms with E-state index in [-0.39, 0.29) is 0 Å². The first-order valence-corrected chi connectivity index (χ1v) is 11.4. The van der Waals surface area contributed by atoms with Gasteiger partial charge >= 0.3 is 0 Å². The van der Waals surface area contributed by atoms with E-state index in [9.17, 15) is 0 Å². The van der Waals surface area contributed by atoms with Gasteiger partial charge in [0.25, 0.3) is 0 Å². The number of ether oxygens (including phenoxy) is 2. The highest BCUT2D eigenvalue weighted by molar-refractivity contribution is 5.39. The summed E-state index contributed by atoms with van der Waals surface area (Å²) in [5.74, 6) is 1.84. The molecule has 0 N–H and O–H groups in total. The highest BCUT2D eigenvalue weighted by Gasteiger charge is 2.41. The molecule has 6 nitrogen and oxygen atoms in total. The van der Waals surface area contributed by atoms with Gasteiger partial charge in [0.15, 0.2) is 0 Å². The van der Waals surface area contributed by atoms with Gasteiger partial charge in [0, 0.05) is 62.1 Å². The van der Waals surface area contributed by atoms with E-state index in [2.05, 4.69) is 34.2 Å². The molecule has 5 rings (SSSR count). The number of benzene rings is 1. The minimum absolute atomic E-state index is 0.434. The van der Waals surface area contributed by atoms with Gasteiger partial charge in [-0.1, -0.05) is 6.07 Å². The van der Waals surface area contributed by atoms with Crippen molar-refractivity contribution in [1.29, 1.82) is 0 Å². The molecule has 6 heteroatoms. The van der Waals surface area contributed by atoms with E-state index >= 15 is 0 Å². The van der Waals surface area contributed by atoms with Crippen LogP contribution in [0.2, 0.25) is 0 Å². The molecule has 3 aliphatic heterocycles. The second-order valence-electron chi connectivity index (χ2n) is 8.67. The molecule has 0 unspecified atom stereocenters. The maximum atomic E-state index is 5.65. The van der Waals surface area contributed by atoms with Crippen LogP contribution in [0.5, 0.6) is 5.75 Å². The van der Waals surface area contributed by atoms with Gasteiger partial charge in [0.05, 0.1) is 19.4 Å². The van der Waals surface area contributed by atoms with Crippen LogP contribution < -0.4 is 9.64 Å².